The molecule has 0 N–H and O–H groups in total. The highest BCUT2D eigenvalue weighted by Crippen LogP contribution is 2.39. The third-order valence-electron chi connectivity index (χ3n) is 3.73. The zero-order valence-electron chi connectivity index (χ0n) is 12.2. The zero-order valence-corrected chi connectivity index (χ0v) is 15.4. The van der Waals surface area contributed by atoms with Crippen molar-refractivity contribution in [3.8, 4) is 0 Å². The highest BCUT2D eigenvalue weighted by Gasteiger charge is 2.30. The molecule has 0 fully saturated rings. The van der Waals surface area contributed by atoms with Crippen LogP contribution < -0.4 is 4.80 Å². The van der Waals surface area contributed by atoms with Gasteiger partial charge in [0.1, 0.15) is 17.0 Å². The predicted octanol–water partition coefficient (Wildman–Crippen LogP) is 4.81. The first kappa shape index (κ1) is 15.5. The molecular weight excluding hydrogens is 378 g/mol. The molecule has 0 unspecified atom stereocenters. The van der Waals surface area contributed by atoms with Gasteiger partial charge in [-0.15, -0.1) is 0 Å². The number of aromatic nitrogens is 3. The van der Waals surface area contributed by atoms with Crippen LogP contribution in [0.15, 0.2) is 11.1 Å². The van der Waals surface area contributed by atoms with Crippen LogP contribution in [-0.4, -0.2) is 13.9 Å². The minimum absolute atomic E-state index is 0.141. The molecule has 1 aliphatic rings. The number of thiazole rings is 1. The van der Waals surface area contributed by atoms with E-state index < -0.39 is 5.82 Å². The van der Waals surface area contributed by atoms with E-state index in [1.165, 1.54) is 28.9 Å². The number of hydrogen-bond donors (Lipinski definition) is 0. The molecule has 4 rings (SSSR count). The lowest BCUT2D eigenvalue weighted by atomic mass is 9.92. The van der Waals surface area contributed by atoms with Crippen LogP contribution in [-0.2, 0) is 13.0 Å². The Bertz CT molecular complexity index is 1000. The maximum Gasteiger partial charge on any atom is 0.209 e. The Morgan fingerprint density at radius 2 is 2.17 bits per heavy atom. The van der Waals surface area contributed by atoms with E-state index in [1.54, 1.807) is 0 Å². The SMILES string of the molecule is CC1(C)Cc2nsc(=Nc3c(F)cc(Cl)c4nc(Cl)sc34)n2C1. The molecule has 0 saturated carbocycles. The normalized spacial score (nSPS) is 17.2. The minimum atomic E-state index is -0.483. The van der Waals surface area contributed by atoms with Crippen LogP contribution >= 0.6 is 46.1 Å². The minimum Gasteiger partial charge on any atom is -0.303 e. The molecule has 0 bridgehead atoms. The Kier molecular flexibility index (Phi) is 3.53. The lowest BCUT2D eigenvalue weighted by Gasteiger charge is -2.14. The Morgan fingerprint density at radius 1 is 1.39 bits per heavy atom. The third-order valence-corrected chi connectivity index (χ3v) is 5.96. The van der Waals surface area contributed by atoms with E-state index in [0.29, 0.717) is 19.5 Å². The summed E-state index contributed by atoms with van der Waals surface area (Å²) in [5.41, 5.74) is 0.841. The van der Waals surface area contributed by atoms with Crippen LogP contribution in [0.5, 0.6) is 0 Å². The summed E-state index contributed by atoms with van der Waals surface area (Å²) in [7, 11) is 0. The van der Waals surface area contributed by atoms with E-state index in [4.69, 9.17) is 23.2 Å². The molecule has 3 heterocycles. The van der Waals surface area contributed by atoms with E-state index >= 15 is 0 Å². The number of rotatable bonds is 1. The molecule has 0 atom stereocenters. The topological polar surface area (TPSA) is 43.1 Å². The van der Waals surface area contributed by atoms with Crippen LogP contribution in [0.4, 0.5) is 10.1 Å². The Balaban J connectivity index is 1.96. The average Bonchev–Trinajstić information content (AvgIpc) is 3.07. The van der Waals surface area contributed by atoms with E-state index in [2.05, 4.69) is 28.2 Å². The van der Waals surface area contributed by atoms with Gasteiger partial charge in [0.25, 0.3) is 0 Å². The lowest BCUT2D eigenvalue weighted by Crippen LogP contribution is -2.19. The standard InChI is InChI=1S/C14H11Cl2FN4S2/c1-14(2)4-8-20-23-13(21(8)5-14)19-10-7(17)3-6(15)9-11(10)22-12(16)18-9/h3H,4-5H2,1-2H3. The van der Waals surface area contributed by atoms with E-state index in [1.807, 2.05) is 4.57 Å². The molecule has 0 spiro atoms. The average molecular weight is 389 g/mol. The summed E-state index contributed by atoms with van der Waals surface area (Å²) in [6, 6.07) is 1.23. The van der Waals surface area contributed by atoms with Gasteiger partial charge < -0.3 is 4.57 Å². The summed E-state index contributed by atoms with van der Waals surface area (Å²) in [4.78, 5) is 9.34. The fraction of sp³-hybridized carbons (Fsp3) is 0.357. The highest BCUT2D eigenvalue weighted by molar-refractivity contribution is 7.22. The van der Waals surface area contributed by atoms with Gasteiger partial charge in [-0.2, -0.15) is 4.37 Å². The van der Waals surface area contributed by atoms with E-state index in [9.17, 15) is 4.39 Å². The Hall–Kier alpha value is -1.02. The molecule has 1 aromatic carbocycles. The summed E-state index contributed by atoms with van der Waals surface area (Å²) >= 11 is 14.5. The molecule has 4 nitrogen and oxygen atoms in total. The van der Waals surface area contributed by atoms with Crippen LogP contribution in [0.25, 0.3) is 10.2 Å². The van der Waals surface area contributed by atoms with Gasteiger partial charge in [-0.1, -0.05) is 48.4 Å². The largest absolute Gasteiger partial charge is 0.303 e. The van der Waals surface area contributed by atoms with Crippen molar-refractivity contribution < 1.29 is 4.39 Å². The van der Waals surface area contributed by atoms with Crippen LogP contribution in [0, 0.1) is 11.2 Å². The van der Waals surface area contributed by atoms with Crippen molar-refractivity contribution in [2.75, 3.05) is 0 Å². The second kappa shape index (κ2) is 5.24. The smallest absolute Gasteiger partial charge is 0.209 e. The number of fused-ring (bicyclic) bond motifs is 2. The molecule has 0 aliphatic carbocycles. The lowest BCUT2D eigenvalue weighted by molar-refractivity contribution is 0.356. The van der Waals surface area contributed by atoms with Crippen LogP contribution in [0.2, 0.25) is 9.49 Å². The molecule has 1 aliphatic heterocycles. The van der Waals surface area contributed by atoms with Gasteiger partial charge in [-0.3, -0.25) is 0 Å². The van der Waals surface area contributed by atoms with Crippen molar-refractivity contribution in [2.45, 2.75) is 26.8 Å². The van der Waals surface area contributed by atoms with Crippen molar-refractivity contribution >= 4 is 62.0 Å². The number of hydrogen-bond acceptors (Lipinski definition) is 5. The van der Waals surface area contributed by atoms with Gasteiger partial charge >= 0.3 is 0 Å². The molecule has 3 aromatic rings. The second-order valence-corrected chi connectivity index (χ2v) is 8.97. The van der Waals surface area contributed by atoms with Gasteiger partial charge in [0.05, 0.1) is 9.72 Å². The molecule has 0 amide bonds. The van der Waals surface area contributed by atoms with Crippen molar-refractivity contribution in [2.24, 2.45) is 10.4 Å². The van der Waals surface area contributed by atoms with Gasteiger partial charge in [0.2, 0.25) is 4.80 Å². The fourth-order valence-electron chi connectivity index (χ4n) is 2.75. The van der Waals surface area contributed by atoms with Crippen molar-refractivity contribution in [3.63, 3.8) is 0 Å². The first-order valence-corrected chi connectivity index (χ1v) is 9.23. The van der Waals surface area contributed by atoms with Gasteiger partial charge in [0.15, 0.2) is 10.3 Å². The predicted molar refractivity (Wildman–Crippen MR) is 92.4 cm³/mol. The first-order valence-electron chi connectivity index (χ1n) is 6.88. The summed E-state index contributed by atoms with van der Waals surface area (Å²) in [6.07, 6.45) is 0.893. The van der Waals surface area contributed by atoms with Gasteiger partial charge in [-0.05, 0) is 11.5 Å². The molecule has 0 radical (unpaired) electrons. The summed E-state index contributed by atoms with van der Waals surface area (Å²) < 4.78 is 21.8. The van der Waals surface area contributed by atoms with Crippen LogP contribution in [0.1, 0.15) is 19.7 Å². The number of benzene rings is 1. The van der Waals surface area contributed by atoms with E-state index in [-0.39, 0.29) is 16.1 Å². The Labute approximate surface area is 149 Å². The summed E-state index contributed by atoms with van der Waals surface area (Å²) in [5.74, 6) is 0.509. The third kappa shape index (κ3) is 2.59. The molecule has 2 aromatic heterocycles. The first-order chi connectivity index (χ1) is 10.8. The number of nitrogens with zero attached hydrogens (tertiary/aromatic N) is 4. The molecular formula is C14H11Cl2FN4S2. The van der Waals surface area contributed by atoms with Crippen LogP contribution in [0.3, 0.4) is 0 Å². The highest BCUT2D eigenvalue weighted by atomic mass is 35.5. The zero-order chi connectivity index (χ0) is 16.4. The molecule has 9 heteroatoms. The maximum absolute atomic E-state index is 14.4. The molecule has 120 valence electrons. The van der Waals surface area contributed by atoms with Gasteiger partial charge in [-0.25, -0.2) is 14.4 Å². The fourth-order valence-corrected chi connectivity index (χ4v) is 4.91. The molecule has 23 heavy (non-hydrogen) atoms. The van der Waals surface area contributed by atoms with Crippen molar-refractivity contribution in [1.82, 2.24) is 13.9 Å². The van der Waals surface area contributed by atoms with Crippen molar-refractivity contribution in [3.05, 3.63) is 32.0 Å². The summed E-state index contributed by atoms with van der Waals surface area (Å²) in [6.45, 7) is 5.18. The second-order valence-electron chi connectivity index (χ2n) is 6.25. The van der Waals surface area contributed by atoms with E-state index in [0.717, 1.165) is 18.8 Å². The number of halogens is 3. The Morgan fingerprint density at radius 3 is 2.96 bits per heavy atom. The van der Waals surface area contributed by atoms with Gasteiger partial charge in [0, 0.05) is 24.5 Å². The monoisotopic (exact) mass is 388 g/mol. The quantitative estimate of drug-likeness (QED) is 0.599. The molecule has 0 saturated heterocycles. The summed E-state index contributed by atoms with van der Waals surface area (Å²) in [5, 5.41) is 0.239. The van der Waals surface area contributed by atoms with Crippen molar-refractivity contribution in [1.29, 1.82) is 0 Å². The maximum atomic E-state index is 14.4.